The predicted molar refractivity (Wildman–Crippen MR) is 77.3 cm³/mol. The van der Waals surface area contributed by atoms with Crippen molar-refractivity contribution in [1.82, 2.24) is 15.0 Å². The van der Waals surface area contributed by atoms with Gasteiger partial charge in [-0.2, -0.15) is 4.98 Å². The zero-order chi connectivity index (χ0) is 15.1. The number of carbonyl (C=O) groups is 1. The Balaban J connectivity index is 1.53. The molecule has 1 amide bonds. The number of carbonyl (C=O) groups excluding carboxylic acids is 1. The van der Waals surface area contributed by atoms with Crippen LogP contribution in [0.2, 0.25) is 0 Å². The Bertz CT molecular complexity index is 687. The maximum absolute atomic E-state index is 12.8. The zero-order valence-electron chi connectivity index (χ0n) is 12.4. The second-order valence-corrected chi connectivity index (χ2v) is 5.78. The number of fused-ring (bicyclic) bond motifs is 1. The van der Waals surface area contributed by atoms with E-state index in [4.69, 9.17) is 9.26 Å². The Morgan fingerprint density at radius 2 is 2.23 bits per heavy atom. The molecule has 0 N–H and O–H groups in total. The van der Waals surface area contributed by atoms with Crippen LogP contribution in [0.3, 0.4) is 0 Å². The van der Waals surface area contributed by atoms with Crippen LogP contribution in [0.15, 0.2) is 28.8 Å². The summed E-state index contributed by atoms with van der Waals surface area (Å²) in [7, 11) is 0. The molecular formula is C16H17N3O3. The van der Waals surface area contributed by atoms with Crippen molar-refractivity contribution in [2.75, 3.05) is 6.54 Å². The summed E-state index contributed by atoms with van der Waals surface area (Å²) in [6.45, 7) is 2.47. The highest BCUT2D eigenvalue weighted by molar-refractivity contribution is 5.83. The Morgan fingerprint density at radius 1 is 1.36 bits per heavy atom. The molecular weight excluding hydrogens is 282 g/mol. The molecule has 1 fully saturated rings. The average Bonchev–Trinajstić information content (AvgIpc) is 3.24. The van der Waals surface area contributed by atoms with Gasteiger partial charge < -0.3 is 14.2 Å². The van der Waals surface area contributed by atoms with Crippen LogP contribution in [0.1, 0.15) is 36.2 Å². The van der Waals surface area contributed by atoms with E-state index in [1.54, 1.807) is 6.92 Å². The molecule has 0 unspecified atom stereocenters. The first-order valence-electron chi connectivity index (χ1n) is 7.57. The quantitative estimate of drug-likeness (QED) is 0.849. The van der Waals surface area contributed by atoms with Gasteiger partial charge in [0.2, 0.25) is 5.89 Å². The molecule has 6 heteroatoms. The van der Waals surface area contributed by atoms with E-state index in [1.807, 2.05) is 29.2 Å². The van der Waals surface area contributed by atoms with E-state index >= 15 is 0 Å². The highest BCUT2D eigenvalue weighted by Gasteiger charge is 2.39. The van der Waals surface area contributed by atoms with Crippen molar-refractivity contribution in [3.8, 4) is 5.75 Å². The maximum Gasteiger partial charge on any atom is 0.264 e. The Labute approximate surface area is 128 Å². The fraction of sp³-hybridized carbons (Fsp3) is 0.438. The van der Waals surface area contributed by atoms with Crippen LogP contribution in [0.4, 0.5) is 0 Å². The van der Waals surface area contributed by atoms with Gasteiger partial charge in [0.15, 0.2) is 11.9 Å². The highest BCUT2D eigenvalue weighted by atomic mass is 16.5. The summed E-state index contributed by atoms with van der Waals surface area (Å²) in [6.07, 6.45) is 2.00. The minimum absolute atomic E-state index is 0.0150. The third-order valence-electron chi connectivity index (χ3n) is 4.30. The van der Waals surface area contributed by atoms with E-state index in [-0.39, 0.29) is 11.9 Å². The van der Waals surface area contributed by atoms with Gasteiger partial charge in [0, 0.05) is 19.9 Å². The predicted octanol–water partition coefficient (Wildman–Crippen LogP) is 2.05. The van der Waals surface area contributed by atoms with Crippen LogP contribution in [0.25, 0.3) is 0 Å². The molecule has 1 aromatic carbocycles. The van der Waals surface area contributed by atoms with Gasteiger partial charge in [0.05, 0.1) is 6.04 Å². The van der Waals surface area contributed by atoms with Gasteiger partial charge in [0.1, 0.15) is 5.75 Å². The summed E-state index contributed by atoms with van der Waals surface area (Å²) in [6, 6.07) is 7.71. The molecule has 0 saturated carbocycles. The number of likely N-dealkylation sites (tertiary alicyclic amines) is 1. The molecule has 114 valence electrons. The standard InChI is InChI=1S/C16H17N3O3/c1-10-17-15(18-22-10)12-6-4-8-19(12)16(20)14-9-11-5-2-3-7-13(11)21-14/h2-3,5,7,12,14H,4,6,8-9H2,1H3/t12-,14-/m1/s1. The van der Waals surface area contributed by atoms with Crippen LogP contribution in [-0.4, -0.2) is 33.6 Å². The molecule has 2 atom stereocenters. The first-order valence-corrected chi connectivity index (χ1v) is 7.57. The average molecular weight is 299 g/mol. The molecule has 3 heterocycles. The van der Waals surface area contributed by atoms with E-state index in [1.165, 1.54) is 0 Å². The van der Waals surface area contributed by atoms with E-state index in [2.05, 4.69) is 10.1 Å². The molecule has 2 aliphatic heterocycles. The largest absolute Gasteiger partial charge is 0.480 e. The SMILES string of the molecule is Cc1nc([C@H]2CCCN2C(=O)[C@H]2Cc3ccccc3O2)no1. The van der Waals surface area contributed by atoms with E-state index < -0.39 is 6.10 Å². The lowest BCUT2D eigenvalue weighted by Gasteiger charge is -2.25. The fourth-order valence-electron chi connectivity index (χ4n) is 3.25. The van der Waals surface area contributed by atoms with E-state index in [0.717, 1.165) is 24.2 Å². The molecule has 2 aliphatic rings. The summed E-state index contributed by atoms with van der Waals surface area (Å²) >= 11 is 0. The molecule has 0 aliphatic carbocycles. The van der Waals surface area contributed by atoms with Crippen LogP contribution in [0, 0.1) is 6.92 Å². The lowest BCUT2D eigenvalue weighted by molar-refractivity contribution is -0.139. The summed E-state index contributed by atoms with van der Waals surface area (Å²) in [5, 5.41) is 3.98. The van der Waals surface area contributed by atoms with Gasteiger partial charge >= 0.3 is 0 Å². The van der Waals surface area contributed by atoms with Gasteiger partial charge in [-0.1, -0.05) is 23.4 Å². The van der Waals surface area contributed by atoms with E-state index in [0.29, 0.717) is 24.7 Å². The molecule has 0 bridgehead atoms. The van der Waals surface area contributed by atoms with Crippen LogP contribution >= 0.6 is 0 Å². The molecule has 6 nitrogen and oxygen atoms in total. The summed E-state index contributed by atoms with van der Waals surface area (Å²) < 4.78 is 10.9. The van der Waals surface area contributed by atoms with E-state index in [9.17, 15) is 4.79 Å². The molecule has 2 aromatic rings. The van der Waals surface area contributed by atoms with Crippen molar-refractivity contribution in [2.45, 2.75) is 38.3 Å². The number of hydrogen-bond acceptors (Lipinski definition) is 5. The van der Waals surface area contributed by atoms with Gasteiger partial charge in [-0.05, 0) is 24.5 Å². The van der Waals surface area contributed by atoms with Crippen molar-refractivity contribution >= 4 is 5.91 Å². The number of benzene rings is 1. The fourth-order valence-corrected chi connectivity index (χ4v) is 3.25. The van der Waals surface area contributed by atoms with Crippen LogP contribution in [0.5, 0.6) is 5.75 Å². The Kier molecular flexibility index (Phi) is 3.10. The minimum atomic E-state index is -0.439. The molecule has 4 rings (SSSR count). The number of nitrogens with zero attached hydrogens (tertiary/aromatic N) is 3. The molecule has 22 heavy (non-hydrogen) atoms. The summed E-state index contributed by atoms with van der Waals surface area (Å²) in [5.41, 5.74) is 1.09. The summed E-state index contributed by atoms with van der Waals surface area (Å²) in [4.78, 5) is 18.9. The second kappa shape index (κ2) is 5.12. The lowest BCUT2D eigenvalue weighted by atomic mass is 10.1. The number of para-hydroxylation sites is 1. The number of hydrogen-bond donors (Lipinski definition) is 0. The second-order valence-electron chi connectivity index (χ2n) is 5.78. The third-order valence-corrected chi connectivity index (χ3v) is 4.30. The third kappa shape index (κ3) is 2.15. The van der Waals surface area contributed by atoms with Gasteiger partial charge in [-0.25, -0.2) is 0 Å². The topological polar surface area (TPSA) is 68.5 Å². The monoisotopic (exact) mass is 299 g/mol. The first kappa shape index (κ1) is 13.3. The molecule has 0 radical (unpaired) electrons. The number of aryl methyl sites for hydroxylation is 1. The van der Waals surface area contributed by atoms with Crippen molar-refractivity contribution in [2.24, 2.45) is 0 Å². The number of ether oxygens (including phenoxy) is 1. The minimum Gasteiger partial charge on any atom is -0.480 e. The highest BCUT2D eigenvalue weighted by Crippen LogP contribution is 2.34. The number of aromatic nitrogens is 2. The van der Waals surface area contributed by atoms with Gasteiger partial charge in [0.25, 0.3) is 5.91 Å². The Hall–Kier alpha value is -2.37. The summed E-state index contributed by atoms with van der Waals surface area (Å²) in [5.74, 6) is 1.95. The maximum atomic E-state index is 12.8. The van der Waals surface area contributed by atoms with Crippen molar-refractivity contribution < 1.29 is 14.1 Å². The smallest absolute Gasteiger partial charge is 0.264 e. The molecule has 1 aromatic heterocycles. The molecule has 1 saturated heterocycles. The van der Waals surface area contributed by atoms with Gasteiger partial charge in [-0.15, -0.1) is 0 Å². The lowest BCUT2D eigenvalue weighted by Crippen LogP contribution is -2.41. The van der Waals surface area contributed by atoms with Crippen molar-refractivity contribution in [1.29, 1.82) is 0 Å². The Morgan fingerprint density at radius 3 is 3.00 bits per heavy atom. The van der Waals surface area contributed by atoms with Gasteiger partial charge in [-0.3, -0.25) is 4.79 Å². The van der Waals surface area contributed by atoms with Crippen LogP contribution in [-0.2, 0) is 11.2 Å². The number of amides is 1. The number of rotatable bonds is 2. The first-order chi connectivity index (χ1) is 10.7. The van der Waals surface area contributed by atoms with Crippen molar-refractivity contribution in [3.63, 3.8) is 0 Å². The van der Waals surface area contributed by atoms with Crippen molar-refractivity contribution in [3.05, 3.63) is 41.5 Å². The normalized spacial score (nSPS) is 23.4. The molecule has 0 spiro atoms. The van der Waals surface area contributed by atoms with Crippen LogP contribution < -0.4 is 4.74 Å². The zero-order valence-corrected chi connectivity index (χ0v) is 12.4.